The number of aliphatic hydroxyl groups excluding tert-OH is 1. The molecular formula is C15H20BrF3O2S. The summed E-state index contributed by atoms with van der Waals surface area (Å²) in [4.78, 5) is 0. The molecule has 0 aliphatic heterocycles. The molecule has 0 aliphatic rings. The van der Waals surface area contributed by atoms with Crippen molar-refractivity contribution in [3.8, 4) is 0 Å². The second-order valence-electron chi connectivity index (χ2n) is 6.42. The van der Waals surface area contributed by atoms with Gasteiger partial charge in [0, 0.05) is 31.3 Å². The molecule has 0 bridgehead atoms. The van der Waals surface area contributed by atoms with Gasteiger partial charge in [-0.25, -0.2) is 13.2 Å². The lowest BCUT2D eigenvalue weighted by Gasteiger charge is -2.38. The van der Waals surface area contributed by atoms with Gasteiger partial charge >= 0.3 is 0 Å². The van der Waals surface area contributed by atoms with E-state index in [4.69, 9.17) is 5.11 Å². The van der Waals surface area contributed by atoms with Gasteiger partial charge in [-0.15, -0.1) is 0 Å². The van der Waals surface area contributed by atoms with Crippen molar-refractivity contribution in [1.29, 1.82) is 0 Å². The van der Waals surface area contributed by atoms with Gasteiger partial charge < -0.3 is 5.11 Å². The summed E-state index contributed by atoms with van der Waals surface area (Å²) >= 11 is 3.13. The summed E-state index contributed by atoms with van der Waals surface area (Å²) in [6, 6.07) is 3.72. The third-order valence-corrected chi connectivity index (χ3v) is 6.33. The van der Waals surface area contributed by atoms with Gasteiger partial charge in [0.2, 0.25) is 0 Å². The fourth-order valence-corrected chi connectivity index (χ4v) is 3.64. The van der Waals surface area contributed by atoms with Gasteiger partial charge in [0.15, 0.2) is 0 Å². The molecule has 22 heavy (non-hydrogen) atoms. The van der Waals surface area contributed by atoms with Gasteiger partial charge in [-0.05, 0) is 45.9 Å². The van der Waals surface area contributed by atoms with Gasteiger partial charge in [-0.1, -0.05) is 15.9 Å². The van der Waals surface area contributed by atoms with Crippen LogP contribution in [0.3, 0.4) is 0 Å². The first-order valence-corrected chi connectivity index (χ1v) is 8.79. The lowest BCUT2D eigenvalue weighted by atomic mass is 9.78. The molecule has 0 radical (unpaired) electrons. The second kappa shape index (κ2) is 6.61. The number of halogens is 4. The van der Waals surface area contributed by atoms with Gasteiger partial charge in [0.05, 0.1) is 5.41 Å². The summed E-state index contributed by atoms with van der Waals surface area (Å²) in [5.41, 5.74) is -2.35. The number of aliphatic hydroxyl groups is 1. The molecule has 2 atom stereocenters. The standard InChI is InChI=1S/C15H20BrF3O2S/c1-13(2,3)22(21)9-14(4,15(18,19)8-20)11-7-10(16)5-6-12(11)17/h5-7,20H,8-9H2,1-4H3/t14-,22-/m1/s1. The van der Waals surface area contributed by atoms with Crippen LogP contribution in [0.2, 0.25) is 0 Å². The Morgan fingerprint density at radius 1 is 1.23 bits per heavy atom. The van der Waals surface area contributed by atoms with Crippen LogP contribution >= 0.6 is 15.9 Å². The van der Waals surface area contributed by atoms with Crippen molar-refractivity contribution in [2.24, 2.45) is 0 Å². The maximum atomic E-state index is 14.4. The van der Waals surface area contributed by atoms with E-state index in [2.05, 4.69) is 15.9 Å². The zero-order valence-electron chi connectivity index (χ0n) is 12.9. The Bertz CT molecular complexity index is 572. The van der Waals surface area contributed by atoms with E-state index in [-0.39, 0.29) is 5.56 Å². The largest absolute Gasteiger partial charge is 0.390 e. The van der Waals surface area contributed by atoms with E-state index < -0.39 is 45.1 Å². The molecule has 126 valence electrons. The summed E-state index contributed by atoms with van der Waals surface area (Å²) in [7, 11) is -1.64. The third-order valence-electron chi connectivity index (χ3n) is 3.63. The molecule has 1 aromatic rings. The van der Waals surface area contributed by atoms with Crippen LogP contribution in [0.25, 0.3) is 0 Å². The summed E-state index contributed by atoms with van der Waals surface area (Å²) < 4.78 is 55.0. The lowest BCUT2D eigenvalue weighted by molar-refractivity contribution is -0.103. The molecule has 0 saturated heterocycles. The van der Waals surface area contributed by atoms with Crippen molar-refractivity contribution < 1.29 is 22.5 Å². The van der Waals surface area contributed by atoms with Crippen LogP contribution in [-0.2, 0) is 16.2 Å². The first-order valence-electron chi connectivity index (χ1n) is 6.68. The summed E-state index contributed by atoms with van der Waals surface area (Å²) in [5.74, 6) is -4.89. The van der Waals surface area contributed by atoms with Crippen molar-refractivity contribution in [3.05, 3.63) is 34.1 Å². The van der Waals surface area contributed by atoms with Crippen molar-refractivity contribution in [2.45, 2.75) is 43.8 Å². The van der Waals surface area contributed by atoms with E-state index in [1.807, 2.05) is 0 Å². The van der Waals surface area contributed by atoms with Crippen LogP contribution in [-0.4, -0.2) is 32.3 Å². The van der Waals surface area contributed by atoms with E-state index in [1.54, 1.807) is 20.8 Å². The predicted molar refractivity (Wildman–Crippen MR) is 86.2 cm³/mol. The summed E-state index contributed by atoms with van der Waals surface area (Å²) in [6.45, 7) is 4.68. The van der Waals surface area contributed by atoms with Crippen molar-refractivity contribution >= 4 is 26.7 Å². The number of hydrogen-bond donors (Lipinski definition) is 1. The number of benzene rings is 1. The summed E-state index contributed by atoms with van der Waals surface area (Å²) in [5, 5.41) is 9.08. The fraction of sp³-hybridized carbons (Fsp3) is 0.600. The lowest BCUT2D eigenvalue weighted by Crippen LogP contribution is -2.51. The normalized spacial score (nSPS) is 17.1. The maximum Gasteiger partial charge on any atom is 0.280 e. The zero-order chi connectivity index (χ0) is 17.3. The highest BCUT2D eigenvalue weighted by atomic mass is 79.9. The van der Waals surface area contributed by atoms with Crippen LogP contribution in [0.1, 0.15) is 33.3 Å². The second-order valence-corrected chi connectivity index (χ2v) is 9.54. The first-order chi connectivity index (χ1) is 9.85. The predicted octanol–water partition coefficient (Wildman–Crippen LogP) is 4.02. The Kier molecular flexibility index (Phi) is 5.90. The molecule has 7 heteroatoms. The monoisotopic (exact) mass is 400 g/mol. The molecule has 0 aliphatic carbocycles. The Labute approximate surface area is 139 Å². The molecule has 0 saturated carbocycles. The minimum atomic E-state index is -3.62. The van der Waals surface area contributed by atoms with Crippen LogP contribution in [0, 0.1) is 5.82 Å². The number of rotatable bonds is 5. The van der Waals surface area contributed by atoms with Crippen LogP contribution < -0.4 is 0 Å². The molecule has 0 spiro atoms. The molecule has 0 unspecified atom stereocenters. The summed E-state index contributed by atoms with van der Waals surface area (Å²) in [6.07, 6.45) is 0. The van der Waals surface area contributed by atoms with Gasteiger partial charge in [-0.3, -0.25) is 4.21 Å². The molecule has 1 N–H and O–H groups in total. The average Bonchev–Trinajstić information content (AvgIpc) is 2.39. The molecule has 0 fully saturated rings. The SMILES string of the molecule is CC(C)(C)[S@](=O)C[C@](C)(c1cc(Br)ccc1F)C(F)(F)CO. The highest BCUT2D eigenvalue weighted by molar-refractivity contribution is 9.10. The molecule has 0 aromatic heterocycles. The van der Waals surface area contributed by atoms with Crippen LogP contribution in [0.15, 0.2) is 22.7 Å². The molecule has 1 rings (SSSR count). The molecular weight excluding hydrogens is 381 g/mol. The van der Waals surface area contributed by atoms with Gasteiger partial charge in [0.25, 0.3) is 5.92 Å². The third kappa shape index (κ3) is 3.92. The number of hydrogen-bond acceptors (Lipinski definition) is 2. The van der Waals surface area contributed by atoms with E-state index in [0.29, 0.717) is 4.47 Å². The topological polar surface area (TPSA) is 37.3 Å². The van der Waals surface area contributed by atoms with Crippen molar-refractivity contribution in [1.82, 2.24) is 0 Å². The molecule has 2 nitrogen and oxygen atoms in total. The highest BCUT2D eigenvalue weighted by Crippen LogP contribution is 2.43. The van der Waals surface area contributed by atoms with Crippen LogP contribution in [0.5, 0.6) is 0 Å². The van der Waals surface area contributed by atoms with E-state index in [9.17, 15) is 17.4 Å². The molecule has 0 heterocycles. The maximum absolute atomic E-state index is 14.4. The van der Waals surface area contributed by atoms with E-state index in [0.717, 1.165) is 13.0 Å². The van der Waals surface area contributed by atoms with Crippen molar-refractivity contribution in [3.63, 3.8) is 0 Å². The van der Waals surface area contributed by atoms with Crippen LogP contribution in [0.4, 0.5) is 13.2 Å². The Hall–Kier alpha value is -0.400. The number of alkyl halides is 2. The minimum Gasteiger partial charge on any atom is -0.390 e. The van der Waals surface area contributed by atoms with Gasteiger partial charge in [0.1, 0.15) is 12.4 Å². The zero-order valence-corrected chi connectivity index (χ0v) is 15.3. The average molecular weight is 401 g/mol. The Morgan fingerprint density at radius 2 is 1.77 bits per heavy atom. The van der Waals surface area contributed by atoms with E-state index in [1.165, 1.54) is 12.1 Å². The Morgan fingerprint density at radius 3 is 2.23 bits per heavy atom. The Balaban J connectivity index is 3.48. The smallest absolute Gasteiger partial charge is 0.280 e. The van der Waals surface area contributed by atoms with E-state index >= 15 is 0 Å². The molecule has 1 aromatic carbocycles. The van der Waals surface area contributed by atoms with Crippen molar-refractivity contribution in [2.75, 3.05) is 12.4 Å². The highest BCUT2D eigenvalue weighted by Gasteiger charge is 2.53. The van der Waals surface area contributed by atoms with Gasteiger partial charge in [-0.2, -0.15) is 0 Å². The first kappa shape index (κ1) is 19.6. The minimum absolute atomic E-state index is 0.265. The quantitative estimate of drug-likeness (QED) is 0.810. The fourth-order valence-electron chi connectivity index (χ4n) is 1.95. The molecule has 0 amide bonds.